The van der Waals surface area contributed by atoms with Crippen molar-refractivity contribution in [2.75, 3.05) is 6.61 Å². The van der Waals surface area contributed by atoms with Gasteiger partial charge in [-0.2, -0.15) is 0 Å². The van der Waals surface area contributed by atoms with Crippen LogP contribution in [-0.2, 0) is 0 Å². The number of halogens is 1. The molecule has 0 aromatic heterocycles. The fourth-order valence-electron chi connectivity index (χ4n) is 0.923. The Bertz CT molecular complexity index is 316. The lowest BCUT2D eigenvalue weighted by atomic mass is 10.2. The Morgan fingerprint density at radius 2 is 2.07 bits per heavy atom. The predicted molar refractivity (Wildman–Crippen MR) is 58.0 cm³/mol. The van der Waals surface area contributed by atoms with E-state index in [1.807, 2.05) is 19.1 Å². The Balaban J connectivity index is 2.65. The fourth-order valence-corrected chi connectivity index (χ4v) is 1.09. The standard InChI is InChI=1S/C11H15ClO2/c1-8-4-5-9(6-10(8)12)14-7-11(2,3)13/h4-6,13H,7H2,1-3H3. The summed E-state index contributed by atoms with van der Waals surface area (Å²) in [7, 11) is 0. The molecule has 2 nitrogen and oxygen atoms in total. The van der Waals surface area contributed by atoms with E-state index < -0.39 is 5.60 Å². The molecule has 0 spiro atoms. The van der Waals surface area contributed by atoms with Gasteiger partial charge in [-0.1, -0.05) is 17.7 Å². The number of hydrogen-bond donors (Lipinski definition) is 1. The van der Waals surface area contributed by atoms with Crippen molar-refractivity contribution in [2.24, 2.45) is 0 Å². The largest absolute Gasteiger partial charge is 0.491 e. The average molecular weight is 215 g/mol. The lowest BCUT2D eigenvalue weighted by Gasteiger charge is -2.17. The van der Waals surface area contributed by atoms with Crippen molar-refractivity contribution in [1.82, 2.24) is 0 Å². The second-order valence-electron chi connectivity index (χ2n) is 4.01. The summed E-state index contributed by atoms with van der Waals surface area (Å²) in [5, 5.41) is 10.1. The van der Waals surface area contributed by atoms with Crippen LogP contribution in [-0.4, -0.2) is 17.3 Å². The SMILES string of the molecule is Cc1ccc(OCC(C)(C)O)cc1Cl. The average Bonchev–Trinajstić information content (AvgIpc) is 2.06. The van der Waals surface area contributed by atoms with E-state index in [-0.39, 0.29) is 6.61 Å². The summed E-state index contributed by atoms with van der Waals surface area (Å²) >= 11 is 5.92. The van der Waals surface area contributed by atoms with Gasteiger partial charge < -0.3 is 9.84 Å². The summed E-state index contributed by atoms with van der Waals surface area (Å²) in [4.78, 5) is 0. The molecule has 1 rings (SSSR count). The highest BCUT2D eigenvalue weighted by atomic mass is 35.5. The van der Waals surface area contributed by atoms with Gasteiger partial charge in [0.2, 0.25) is 0 Å². The van der Waals surface area contributed by atoms with E-state index in [0.29, 0.717) is 10.8 Å². The molecule has 0 heterocycles. The van der Waals surface area contributed by atoms with Gasteiger partial charge in [-0.25, -0.2) is 0 Å². The van der Waals surface area contributed by atoms with Crippen LogP contribution in [0.2, 0.25) is 5.02 Å². The molecule has 0 aliphatic rings. The van der Waals surface area contributed by atoms with Gasteiger partial charge in [-0.05, 0) is 38.5 Å². The van der Waals surface area contributed by atoms with Crippen molar-refractivity contribution >= 4 is 11.6 Å². The second-order valence-corrected chi connectivity index (χ2v) is 4.42. The number of benzene rings is 1. The predicted octanol–water partition coefficient (Wildman–Crippen LogP) is 2.80. The lowest BCUT2D eigenvalue weighted by molar-refractivity contribution is 0.0285. The molecule has 0 radical (unpaired) electrons. The van der Waals surface area contributed by atoms with Gasteiger partial charge in [0.15, 0.2) is 0 Å². The molecule has 0 atom stereocenters. The van der Waals surface area contributed by atoms with E-state index in [0.717, 1.165) is 5.56 Å². The number of aryl methyl sites for hydroxylation is 1. The Morgan fingerprint density at radius 1 is 1.43 bits per heavy atom. The molecule has 0 saturated carbocycles. The molecule has 0 bridgehead atoms. The molecule has 1 aromatic carbocycles. The first-order chi connectivity index (χ1) is 6.38. The molecule has 3 heteroatoms. The maximum atomic E-state index is 9.44. The maximum Gasteiger partial charge on any atom is 0.120 e. The quantitative estimate of drug-likeness (QED) is 0.839. The number of hydrogen-bond acceptors (Lipinski definition) is 2. The van der Waals surface area contributed by atoms with Crippen LogP contribution in [0.25, 0.3) is 0 Å². The second kappa shape index (κ2) is 4.20. The third-order valence-corrected chi connectivity index (χ3v) is 2.14. The highest BCUT2D eigenvalue weighted by molar-refractivity contribution is 6.31. The molecule has 1 aromatic rings. The molecular formula is C11H15ClO2. The van der Waals surface area contributed by atoms with Crippen molar-refractivity contribution in [3.05, 3.63) is 28.8 Å². The molecule has 0 aliphatic heterocycles. The third kappa shape index (κ3) is 3.56. The van der Waals surface area contributed by atoms with Gasteiger partial charge in [0.05, 0.1) is 5.60 Å². The summed E-state index contributed by atoms with van der Waals surface area (Å²) in [5.74, 6) is 0.683. The van der Waals surface area contributed by atoms with Gasteiger partial charge >= 0.3 is 0 Å². The minimum atomic E-state index is -0.822. The summed E-state index contributed by atoms with van der Waals surface area (Å²) in [5.41, 5.74) is 0.194. The van der Waals surface area contributed by atoms with Crippen LogP contribution >= 0.6 is 11.6 Å². The van der Waals surface area contributed by atoms with Crippen LogP contribution in [0.4, 0.5) is 0 Å². The summed E-state index contributed by atoms with van der Waals surface area (Å²) in [6.45, 7) is 5.58. The molecule has 0 amide bonds. The first-order valence-corrected chi connectivity index (χ1v) is 4.87. The van der Waals surface area contributed by atoms with E-state index >= 15 is 0 Å². The van der Waals surface area contributed by atoms with E-state index in [9.17, 15) is 5.11 Å². The van der Waals surface area contributed by atoms with E-state index in [4.69, 9.17) is 16.3 Å². The summed E-state index contributed by atoms with van der Waals surface area (Å²) in [6, 6.07) is 5.48. The van der Waals surface area contributed by atoms with Gasteiger partial charge in [0, 0.05) is 5.02 Å². The van der Waals surface area contributed by atoms with Gasteiger partial charge in [-0.15, -0.1) is 0 Å². The zero-order valence-electron chi connectivity index (χ0n) is 8.67. The zero-order chi connectivity index (χ0) is 10.8. The number of rotatable bonds is 3. The highest BCUT2D eigenvalue weighted by Crippen LogP contribution is 2.22. The van der Waals surface area contributed by atoms with E-state index in [1.165, 1.54) is 0 Å². The number of aliphatic hydroxyl groups is 1. The lowest BCUT2D eigenvalue weighted by Crippen LogP contribution is -2.27. The first kappa shape index (κ1) is 11.3. The number of ether oxygens (including phenoxy) is 1. The van der Waals surface area contributed by atoms with Crippen molar-refractivity contribution in [3.8, 4) is 5.75 Å². The molecule has 0 saturated heterocycles. The highest BCUT2D eigenvalue weighted by Gasteiger charge is 2.13. The molecule has 0 fully saturated rings. The monoisotopic (exact) mass is 214 g/mol. The van der Waals surface area contributed by atoms with Crippen molar-refractivity contribution in [2.45, 2.75) is 26.4 Å². The van der Waals surface area contributed by atoms with Gasteiger partial charge in [0.25, 0.3) is 0 Å². The first-order valence-electron chi connectivity index (χ1n) is 4.50. The van der Waals surface area contributed by atoms with Crippen LogP contribution in [0.5, 0.6) is 5.75 Å². The summed E-state index contributed by atoms with van der Waals surface area (Å²) in [6.07, 6.45) is 0. The van der Waals surface area contributed by atoms with Crippen LogP contribution in [0, 0.1) is 6.92 Å². The molecule has 0 aliphatic carbocycles. The normalized spacial score (nSPS) is 11.5. The maximum absolute atomic E-state index is 9.44. The van der Waals surface area contributed by atoms with Crippen molar-refractivity contribution in [3.63, 3.8) is 0 Å². The van der Waals surface area contributed by atoms with Crippen molar-refractivity contribution in [1.29, 1.82) is 0 Å². The van der Waals surface area contributed by atoms with Gasteiger partial charge in [-0.3, -0.25) is 0 Å². The molecular weight excluding hydrogens is 200 g/mol. The Labute approximate surface area is 89.5 Å². The minimum Gasteiger partial charge on any atom is -0.491 e. The Morgan fingerprint density at radius 3 is 2.57 bits per heavy atom. The Hall–Kier alpha value is -0.730. The molecule has 78 valence electrons. The smallest absolute Gasteiger partial charge is 0.120 e. The van der Waals surface area contributed by atoms with Crippen LogP contribution in [0.15, 0.2) is 18.2 Å². The fraction of sp³-hybridized carbons (Fsp3) is 0.455. The minimum absolute atomic E-state index is 0.256. The molecule has 14 heavy (non-hydrogen) atoms. The van der Waals surface area contributed by atoms with E-state index in [2.05, 4.69) is 0 Å². The third-order valence-electron chi connectivity index (χ3n) is 1.74. The van der Waals surface area contributed by atoms with Crippen molar-refractivity contribution < 1.29 is 9.84 Å². The van der Waals surface area contributed by atoms with Crippen LogP contribution in [0.1, 0.15) is 19.4 Å². The van der Waals surface area contributed by atoms with Crippen LogP contribution in [0.3, 0.4) is 0 Å². The molecule has 1 N–H and O–H groups in total. The van der Waals surface area contributed by atoms with E-state index in [1.54, 1.807) is 19.9 Å². The summed E-state index contributed by atoms with van der Waals surface area (Å²) < 4.78 is 5.37. The zero-order valence-corrected chi connectivity index (χ0v) is 9.43. The van der Waals surface area contributed by atoms with Crippen LogP contribution < -0.4 is 4.74 Å². The topological polar surface area (TPSA) is 29.5 Å². The molecule has 0 unspecified atom stereocenters. The Kier molecular flexibility index (Phi) is 3.40. The van der Waals surface area contributed by atoms with Gasteiger partial charge in [0.1, 0.15) is 12.4 Å².